The number of fused-ring (bicyclic) bond motifs is 1. The van der Waals surface area contributed by atoms with Gasteiger partial charge in [0.05, 0.1) is 25.0 Å². The monoisotopic (exact) mass is 346 g/mol. The van der Waals surface area contributed by atoms with Crippen molar-refractivity contribution < 1.29 is 0 Å². The Morgan fingerprint density at radius 2 is 2.25 bits per heavy atom. The first-order valence-corrected chi connectivity index (χ1v) is 9.35. The lowest BCUT2D eigenvalue weighted by molar-refractivity contribution is 0.468. The summed E-state index contributed by atoms with van der Waals surface area (Å²) in [5.74, 6) is 0.895. The van der Waals surface area contributed by atoms with Gasteiger partial charge >= 0.3 is 0 Å². The molecule has 130 valence electrons. The van der Waals surface area contributed by atoms with Crippen LogP contribution < -0.4 is 5.32 Å². The van der Waals surface area contributed by atoms with Crippen LogP contribution in [-0.4, -0.2) is 46.3 Å². The van der Waals surface area contributed by atoms with Gasteiger partial charge in [-0.15, -0.1) is 11.3 Å². The van der Waals surface area contributed by atoms with Crippen molar-refractivity contribution >= 4 is 17.3 Å². The van der Waals surface area contributed by atoms with Crippen molar-refractivity contribution in [1.29, 1.82) is 0 Å². The first-order chi connectivity index (χ1) is 11.7. The van der Waals surface area contributed by atoms with E-state index in [1.807, 2.05) is 35.5 Å². The number of hydrogen-bond donors (Lipinski definition) is 1. The van der Waals surface area contributed by atoms with Gasteiger partial charge in [0.2, 0.25) is 0 Å². The van der Waals surface area contributed by atoms with Crippen LogP contribution in [0, 0.1) is 6.92 Å². The Morgan fingerprint density at radius 3 is 2.96 bits per heavy atom. The standard InChI is InChI=1S/C17H26N6S/c1-13-10-20-23(11-13)9-8-19-17(18-2)22(3)12-16-21-14-6-4-5-7-15(14)24-16/h10-11H,4-9,12H2,1-3H3,(H,18,19). The van der Waals surface area contributed by atoms with Gasteiger partial charge < -0.3 is 10.2 Å². The van der Waals surface area contributed by atoms with Crippen LogP contribution in [0.25, 0.3) is 0 Å². The summed E-state index contributed by atoms with van der Waals surface area (Å²) in [6.07, 6.45) is 8.86. The number of rotatable bonds is 5. The molecule has 1 N–H and O–H groups in total. The molecule has 2 heterocycles. The molecule has 0 spiro atoms. The third kappa shape index (κ3) is 4.14. The van der Waals surface area contributed by atoms with E-state index in [1.165, 1.54) is 40.4 Å². The van der Waals surface area contributed by atoms with Crippen molar-refractivity contribution in [3.05, 3.63) is 33.5 Å². The zero-order valence-electron chi connectivity index (χ0n) is 14.7. The molecular weight excluding hydrogens is 320 g/mol. The van der Waals surface area contributed by atoms with Crippen molar-refractivity contribution in [1.82, 2.24) is 25.0 Å². The number of hydrogen-bond acceptors (Lipinski definition) is 4. The average molecular weight is 347 g/mol. The van der Waals surface area contributed by atoms with Gasteiger partial charge in [0.15, 0.2) is 5.96 Å². The quantitative estimate of drug-likeness (QED) is 0.666. The van der Waals surface area contributed by atoms with Crippen LogP contribution in [0.4, 0.5) is 0 Å². The topological polar surface area (TPSA) is 58.3 Å². The molecule has 0 aromatic carbocycles. The van der Waals surface area contributed by atoms with Crippen molar-refractivity contribution in [3.8, 4) is 0 Å². The molecule has 0 fully saturated rings. The van der Waals surface area contributed by atoms with Gasteiger partial charge in [-0.3, -0.25) is 9.67 Å². The van der Waals surface area contributed by atoms with Gasteiger partial charge in [0.25, 0.3) is 0 Å². The van der Waals surface area contributed by atoms with E-state index in [4.69, 9.17) is 4.98 Å². The second-order valence-corrected chi connectivity index (χ2v) is 7.46. The summed E-state index contributed by atoms with van der Waals surface area (Å²) < 4.78 is 1.95. The number of guanidine groups is 1. The van der Waals surface area contributed by atoms with Crippen molar-refractivity contribution in [2.45, 2.75) is 45.7 Å². The average Bonchev–Trinajstić information content (AvgIpc) is 3.16. The van der Waals surface area contributed by atoms with E-state index in [2.05, 4.69) is 34.3 Å². The minimum atomic E-state index is 0.798. The minimum Gasteiger partial charge on any atom is -0.354 e. The molecule has 3 rings (SSSR count). The number of aryl methyl sites for hydroxylation is 3. The van der Waals surface area contributed by atoms with E-state index in [0.29, 0.717) is 0 Å². The Morgan fingerprint density at radius 1 is 1.42 bits per heavy atom. The molecule has 1 aliphatic rings. The fourth-order valence-electron chi connectivity index (χ4n) is 3.01. The van der Waals surface area contributed by atoms with Crippen molar-refractivity contribution in [2.24, 2.45) is 4.99 Å². The number of nitrogens with zero attached hydrogens (tertiary/aromatic N) is 5. The molecule has 7 heteroatoms. The van der Waals surface area contributed by atoms with Gasteiger partial charge in [-0.25, -0.2) is 4.98 Å². The molecule has 0 saturated heterocycles. The smallest absolute Gasteiger partial charge is 0.193 e. The summed E-state index contributed by atoms with van der Waals surface area (Å²) in [6, 6.07) is 0. The number of nitrogens with one attached hydrogen (secondary N) is 1. The molecule has 2 aromatic heterocycles. The fourth-order valence-corrected chi connectivity index (χ4v) is 4.22. The van der Waals surface area contributed by atoms with Crippen LogP contribution in [0.2, 0.25) is 0 Å². The highest BCUT2D eigenvalue weighted by atomic mass is 32.1. The Hall–Kier alpha value is -1.89. The molecule has 6 nitrogen and oxygen atoms in total. The highest BCUT2D eigenvalue weighted by Crippen LogP contribution is 2.27. The second kappa shape index (κ2) is 7.79. The van der Waals surface area contributed by atoms with E-state index in [0.717, 1.165) is 32.0 Å². The lowest BCUT2D eigenvalue weighted by Gasteiger charge is -2.21. The molecule has 0 aliphatic heterocycles. The summed E-state index contributed by atoms with van der Waals surface area (Å²) in [5, 5.41) is 8.89. The van der Waals surface area contributed by atoms with Crippen LogP contribution in [0.15, 0.2) is 17.4 Å². The number of aromatic nitrogens is 3. The number of aliphatic imine (C=N–C) groups is 1. The SMILES string of the molecule is CN=C(NCCn1cc(C)cn1)N(C)Cc1nc2c(s1)CCCC2. The maximum atomic E-state index is 4.82. The molecule has 0 radical (unpaired) electrons. The first-order valence-electron chi connectivity index (χ1n) is 8.54. The summed E-state index contributed by atoms with van der Waals surface area (Å²) in [7, 11) is 3.89. The molecule has 24 heavy (non-hydrogen) atoms. The highest BCUT2D eigenvalue weighted by Gasteiger charge is 2.16. The van der Waals surface area contributed by atoms with E-state index < -0.39 is 0 Å². The summed E-state index contributed by atoms with van der Waals surface area (Å²) in [5.41, 5.74) is 2.51. The molecule has 0 saturated carbocycles. The Labute approximate surface area is 147 Å². The number of thiazole rings is 1. The maximum Gasteiger partial charge on any atom is 0.193 e. The van der Waals surface area contributed by atoms with Crippen molar-refractivity contribution in [2.75, 3.05) is 20.6 Å². The Kier molecular flexibility index (Phi) is 5.50. The molecule has 0 bridgehead atoms. The molecule has 1 aliphatic carbocycles. The van der Waals surface area contributed by atoms with E-state index in [-0.39, 0.29) is 0 Å². The summed E-state index contributed by atoms with van der Waals surface area (Å²) >= 11 is 1.87. The van der Waals surface area contributed by atoms with Crippen LogP contribution in [-0.2, 0) is 25.9 Å². The molecule has 0 atom stereocenters. The molecule has 2 aromatic rings. The maximum absolute atomic E-state index is 4.82. The van der Waals surface area contributed by atoms with Crippen LogP contribution in [0.5, 0.6) is 0 Å². The normalized spacial score (nSPS) is 14.5. The van der Waals surface area contributed by atoms with Gasteiger partial charge in [0.1, 0.15) is 5.01 Å². The van der Waals surface area contributed by atoms with Crippen LogP contribution >= 0.6 is 11.3 Å². The Bertz CT molecular complexity index is 678. The predicted molar refractivity (Wildman–Crippen MR) is 98.5 cm³/mol. The zero-order valence-corrected chi connectivity index (χ0v) is 15.6. The predicted octanol–water partition coefficient (Wildman–Crippen LogP) is 2.23. The lowest BCUT2D eigenvalue weighted by atomic mass is 10.0. The van der Waals surface area contributed by atoms with E-state index >= 15 is 0 Å². The van der Waals surface area contributed by atoms with Crippen molar-refractivity contribution in [3.63, 3.8) is 0 Å². The lowest BCUT2D eigenvalue weighted by Crippen LogP contribution is -2.39. The van der Waals surface area contributed by atoms with Gasteiger partial charge in [-0.05, 0) is 38.2 Å². The van der Waals surface area contributed by atoms with Gasteiger partial charge in [0, 0.05) is 31.7 Å². The molecule has 0 amide bonds. The van der Waals surface area contributed by atoms with Crippen LogP contribution in [0.3, 0.4) is 0 Å². The zero-order chi connectivity index (χ0) is 16.9. The minimum absolute atomic E-state index is 0.798. The second-order valence-electron chi connectivity index (χ2n) is 6.30. The van der Waals surface area contributed by atoms with E-state index in [9.17, 15) is 0 Å². The Balaban J connectivity index is 1.52. The largest absolute Gasteiger partial charge is 0.354 e. The third-order valence-electron chi connectivity index (χ3n) is 4.22. The van der Waals surface area contributed by atoms with Crippen LogP contribution in [0.1, 0.15) is 34.0 Å². The fraction of sp³-hybridized carbons (Fsp3) is 0.588. The first kappa shape index (κ1) is 17.0. The van der Waals surface area contributed by atoms with Gasteiger partial charge in [-0.2, -0.15) is 5.10 Å². The summed E-state index contributed by atoms with van der Waals surface area (Å²) in [6.45, 7) is 4.48. The third-order valence-corrected chi connectivity index (χ3v) is 5.36. The van der Waals surface area contributed by atoms with E-state index in [1.54, 1.807) is 0 Å². The molecular formula is C17H26N6S. The van der Waals surface area contributed by atoms with Gasteiger partial charge in [-0.1, -0.05) is 0 Å². The molecule has 0 unspecified atom stereocenters. The highest BCUT2D eigenvalue weighted by molar-refractivity contribution is 7.11. The summed E-state index contributed by atoms with van der Waals surface area (Å²) in [4.78, 5) is 12.8.